The normalized spacial score (nSPS) is 16.0. The number of nitro groups is 1. The minimum atomic E-state index is -0.312. The van der Waals surface area contributed by atoms with Crippen LogP contribution in [0.2, 0.25) is 0 Å². The van der Waals surface area contributed by atoms with Crippen LogP contribution in [0.5, 0.6) is 0 Å². The zero-order valence-corrected chi connectivity index (χ0v) is 29.5. The summed E-state index contributed by atoms with van der Waals surface area (Å²) >= 11 is 0. The molecule has 0 fully saturated rings. The first kappa shape index (κ1) is 31.8. The summed E-state index contributed by atoms with van der Waals surface area (Å²) in [5.74, 6) is 0.346. The lowest BCUT2D eigenvalue weighted by Crippen LogP contribution is -2.27. The highest BCUT2D eigenvalue weighted by Crippen LogP contribution is 2.56. The molecule has 0 aromatic heterocycles. The summed E-state index contributed by atoms with van der Waals surface area (Å²) < 4.78 is 0. The number of nitrogens with zero attached hydrogens (tertiary/aromatic N) is 1. The van der Waals surface area contributed by atoms with Gasteiger partial charge in [0.2, 0.25) is 0 Å². The summed E-state index contributed by atoms with van der Waals surface area (Å²) in [6.45, 7) is 13.5. The molecule has 3 aliphatic rings. The second-order valence-electron chi connectivity index (χ2n) is 15.9. The van der Waals surface area contributed by atoms with Gasteiger partial charge in [-0.05, 0) is 78.6 Å². The van der Waals surface area contributed by atoms with Crippen LogP contribution in [0.4, 0.5) is 17.1 Å². The molecule has 6 aromatic rings. The molecule has 0 saturated carbocycles. The van der Waals surface area contributed by atoms with Crippen molar-refractivity contribution in [1.82, 2.24) is 0 Å². The second-order valence-corrected chi connectivity index (χ2v) is 15.9. The van der Waals surface area contributed by atoms with Crippen molar-refractivity contribution in [3.63, 3.8) is 0 Å². The molecule has 4 heteroatoms. The fourth-order valence-electron chi connectivity index (χ4n) is 8.02. The van der Waals surface area contributed by atoms with E-state index < -0.39 is 0 Å². The van der Waals surface area contributed by atoms with Crippen LogP contribution in [-0.4, -0.2) is 4.92 Å². The van der Waals surface area contributed by atoms with Crippen LogP contribution >= 0.6 is 0 Å². The van der Waals surface area contributed by atoms with E-state index >= 15 is 0 Å². The summed E-state index contributed by atoms with van der Waals surface area (Å²) in [6.07, 6.45) is 0. The van der Waals surface area contributed by atoms with Crippen molar-refractivity contribution < 1.29 is 4.92 Å². The lowest BCUT2D eigenvalue weighted by atomic mass is 9.61. The molecule has 0 unspecified atom stereocenters. The minimum absolute atomic E-state index is 0.0445. The first-order valence-electron chi connectivity index (χ1n) is 17.5. The maximum absolute atomic E-state index is 12.2. The maximum atomic E-state index is 12.2. The van der Waals surface area contributed by atoms with Crippen LogP contribution in [0.25, 0.3) is 22.3 Å². The number of para-hydroxylation sites is 3. The molecule has 0 atom stereocenters. The lowest BCUT2D eigenvalue weighted by Gasteiger charge is -2.42. The Bertz CT molecular complexity index is 2240. The van der Waals surface area contributed by atoms with Crippen molar-refractivity contribution in [3.05, 3.63) is 182 Å². The Morgan fingerprint density at radius 3 is 1.54 bits per heavy atom. The van der Waals surface area contributed by atoms with Crippen LogP contribution in [0, 0.1) is 10.1 Å². The third kappa shape index (κ3) is 5.22. The predicted molar refractivity (Wildman–Crippen MR) is 206 cm³/mol. The largest absolute Gasteiger partial charge is 0.349 e. The van der Waals surface area contributed by atoms with Crippen molar-refractivity contribution in [2.75, 3.05) is 5.32 Å². The maximum Gasteiger partial charge on any atom is 0.292 e. The van der Waals surface area contributed by atoms with Crippen LogP contribution in [0.1, 0.15) is 97.9 Å². The number of rotatable bonds is 5. The molecule has 3 aliphatic carbocycles. The Hall–Kier alpha value is -5.48. The first-order valence-corrected chi connectivity index (χ1v) is 17.5. The van der Waals surface area contributed by atoms with Gasteiger partial charge in [0, 0.05) is 29.0 Å². The van der Waals surface area contributed by atoms with E-state index in [0.29, 0.717) is 5.69 Å². The Morgan fingerprint density at radius 1 is 0.520 bits per heavy atom. The second kappa shape index (κ2) is 11.6. The number of nitrogens with one attached hydrogen (secondary N) is 1. The first-order chi connectivity index (χ1) is 23.9. The van der Waals surface area contributed by atoms with Gasteiger partial charge in [-0.2, -0.15) is 0 Å². The number of anilines is 2. The van der Waals surface area contributed by atoms with E-state index in [1.165, 1.54) is 44.5 Å². The number of nitro benzene ring substituents is 1. The third-order valence-electron chi connectivity index (χ3n) is 10.7. The molecule has 6 aromatic carbocycles. The van der Waals surface area contributed by atoms with E-state index in [0.717, 1.165) is 27.9 Å². The zero-order chi connectivity index (χ0) is 34.9. The van der Waals surface area contributed by atoms with E-state index in [9.17, 15) is 10.1 Å². The molecule has 9 rings (SSSR count). The van der Waals surface area contributed by atoms with E-state index in [4.69, 9.17) is 0 Å². The fraction of sp³-hybridized carbons (Fsp3) is 0.217. The molecule has 4 nitrogen and oxygen atoms in total. The Kier molecular flexibility index (Phi) is 7.34. The molecule has 1 N–H and O–H groups in total. The van der Waals surface area contributed by atoms with Crippen molar-refractivity contribution in [2.45, 2.75) is 64.2 Å². The highest BCUT2D eigenvalue weighted by atomic mass is 16.6. The molecule has 50 heavy (non-hydrogen) atoms. The molecule has 0 aliphatic heterocycles. The zero-order valence-electron chi connectivity index (χ0n) is 29.5. The number of benzene rings is 6. The standard InChI is InChI=1S/C46H42N2O2/c1-45(2,3)30-24-29(25-31(27-30)46(4,5)6)33-19-13-18-32(44(33)47-40-20-11-12-21-41(40)48(49)50)28-22-23-38-39(26-28)43-36-16-9-7-14-34(36)42(38)35-15-8-10-17-37(35)43/h7-27,42-43,47H,1-6H3. The van der Waals surface area contributed by atoms with Gasteiger partial charge in [0.15, 0.2) is 0 Å². The van der Waals surface area contributed by atoms with E-state index in [2.05, 4.69) is 150 Å². The van der Waals surface area contributed by atoms with Crippen molar-refractivity contribution >= 4 is 17.1 Å². The Labute approximate surface area is 295 Å². The summed E-state index contributed by atoms with van der Waals surface area (Å²) in [6, 6.07) is 44.9. The highest BCUT2D eigenvalue weighted by Gasteiger charge is 2.41. The van der Waals surface area contributed by atoms with Gasteiger partial charge in [-0.1, -0.05) is 151 Å². The molecule has 2 bridgehead atoms. The van der Waals surface area contributed by atoms with E-state index in [1.54, 1.807) is 18.2 Å². The molecular weight excluding hydrogens is 613 g/mol. The lowest BCUT2D eigenvalue weighted by molar-refractivity contribution is -0.383. The van der Waals surface area contributed by atoms with Gasteiger partial charge in [-0.15, -0.1) is 0 Å². The van der Waals surface area contributed by atoms with Crippen LogP contribution < -0.4 is 5.32 Å². The quantitative estimate of drug-likeness (QED) is 0.148. The average molecular weight is 655 g/mol. The van der Waals surface area contributed by atoms with Gasteiger partial charge in [-0.25, -0.2) is 0 Å². The fourth-order valence-corrected chi connectivity index (χ4v) is 8.02. The monoisotopic (exact) mass is 654 g/mol. The SMILES string of the molecule is CC(C)(C)c1cc(-c2cccc(-c3ccc4c(c3)C3c5ccccc5C4c4ccccc43)c2Nc2ccccc2[N+](=O)[O-])cc(C(C)(C)C)c1. The molecular formula is C46H42N2O2. The van der Waals surface area contributed by atoms with Crippen molar-refractivity contribution in [2.24, 2.45) is 0 Å². The van der Waals surface area contributed by atoms with Gasteiger partial charge in [0.1, 0.15) is 5.69 Å². The molecule has 0 amide bonds. The third-order valence-corrected chi connectivity index (χ3v) is 10.7. The van der Waals surface area contributed by atoms with Gasteiger partial charge in [-0.3, -0.25) is 10.1 Å². The van der Waals surface area contributed by atoms with Gasteiger partial charge in [0.05, 0.1) is 10.6 Å². The Morgan fingerprint density at radius 2 is 1.00 bits per heavy atom. The van der Waals surface area contributed by atoms with E-state index in [-0.39, 0.29) is 33.3 Å². The summed E-state index contributed by atoms with van der Waals surface area (Å²) in [5, 5.41) is 15.8. The van der Waals surface area contributed by atoms with Gasteiger partial charge < -0.3 is 5.32 Å². The number of hydrogen-bond donors (Lipinski definition) is 1. The smallest absolute Gasteiger partial charge is 0.292 e. The minimum Gasteiger partial charge on any atom is -0.349 e. The van der Waals surface area contributed by atoms with Crippen molar-refractivity contribution in [3.8, 4) is 22.3 Å². The predicted octanol–water partition coefficient (Wildman–Crippen LogP) is 12.3. The average Bonchev–Trinajstić information content (AvgIpc) is 3.10. The topological polar surface area (TPSA) is 55.2 Å². The molecule has 0 heterocycles. The van der Waals surface area contributed by atoms with Crippen LogP contribution in [0.15, 0.2) is 127 Å². The van der Waals surface area contributed by atoms with E-state index in [1.807, 2.05) is 6.07 Å². The summed E-state index contributed by atoms with van der Waals surface area (Å²) in [5.41, 5.74) is 16.1. The number of hydrogen-bond acceptors (Lipinski definition) is 3. The van der Waals surface area contributed by atoms with Crippen LogP contribution in [0.3, 0.4) is 0 Å². The van der Waals surface area contributed by atoms with Gasteiger partial charge in [0.25, 0.3) is 5.69 Å². The molecule has 0 radical (unpaired) electrons. The summed E-state index contributed by atoms with van der Waals surface area (Å²) in [7, 11) is 0. The molecule has 0 spiro atoms. The summed E-state index contributed by atoms with van der Waals surface area (Å²) in [4.78, 5) is 11.9. The molecule has 0 saturated heterocycles. The van der Waals surface area contributed by atoms with Crippen molar-refractivity contribution in [1.29, 1.82) is 0 Å². The molecule has 248 valence electrons. The van der Waals surface area contributed by atoms with Gasteiger partial charge >= 0.3 is 0 Å². The highest BCUT2D eigenvalue weighted by molar-refractivity contribution is 5.94. The Balaban J connectivity index is 1.36. The van der Waals surface area contributed by atoms with Crippen LogP contribution in [-0.2, 0) is 10.8 Å².